The smallest absolute Gasteiger partial charge is 0.416 e. The molecule has 0 bridgehead atoms. The highest BCUT2D eigenvalue weighted by molar-refractivity contribution is 7.15. The van der Waals surface area contributed by atoms with Crippen molar-refractivity contribution >= 4 is 28.5 Å². The topological polar surface area (TPSA) is 92.6 Å². The largest absolute Gasteiger partial charge is 0.481 e. The molecule has 0 fully saturated rings. The van der Waals surface area contributed by atoms with Crippen molar-refractivity contribution in [3.05, 3.63) is 5.01 Å². The molecule has 0 saturated heterocycles. The number of hydrogen-bond donors (Lipinski definition) is 1. The standard InChI is InChI=1S/C10H15N3O4S/c1-10(2,3)17-9(16)13(4)8-12-11-6(18-8)5-7(14)15/h5H2,1-4H3,(H,14,15). The molecule has 0 aliphatic carbocycles. The Kier molecular flexibility index (Phi) is 4.23. The minimum Gasteiger partial charge on any atom is -0.481 e. The molecule has 1 rings (SSSR count). The summed E-state index contributed by atoms with van der Waals surface area (Å²) in [5.74, 6) is -0.988. The number of anilines is 1. The van der Waals surface area contributed by atoms with E-state index in [2.05, 4.69) is 10.2 Å². The first-order valence-corrected chi connectivity index (χ1v) is 6.01. The van der Waals surface area contributed by atoms with Crippen LogP contribution in [0.2, 0.25) is 0 Å². The van der Waals surface area contributed by atoms with Crippen molar-refractivity contribution in [2.75, 3.05) is 11.9 Å². The van der Waals surface area contributed by atoms with Crippen LogP contribution in [0.25, 0.3) is 0 Å². The average molecular weight is 273 g/mol. The molecule has 1 amide bonds. The maximum absolute atomic E-state index is 11.7. The number of carboxylic acid groups (broad SMARTS) is 1. The van der Waals surface area contributed by atoms with Crippen molar-refractivity contribution in [2.45, 2.75) is 32.8 Å². The van der Waals surface area contributed by atoms with Gasteiger partial charge in [0.15, 0.2) is 0 Å². The summed E-state index contributed by atoms with van der Waals surface area (Å²) in [5, 5.41) is 16.7. The van der Waals surface area contributed by atoms with Gasteiger partial charge in [-0.1, -0.05) is 11.3 Å². The maximum Gasteiger partial charge on any atom is 0.416 e. The van der Waals surface area contributed by atoms with Crippen molar-refractivity contribution in [2.24, 2.45) is 0 Å². The van der Waals surface area contributed by atoms with Crippen LogP contribution < -0.4 is 4.90 Å². The summed E-state index contributed by atoms with van der Waals surface area (Å²) in [4.78, 5) is 23.4. The third kappa shape index (κ3) is 4.28. The minimum absolute atomic E-state index is 0.209. The highest BCUT2D eigenvalue weighted by atomic mass is 32.1. The van der Waals surface area contributed by atoms with Crippen LogP contribution in [0.4, 0.5) is 9.93 Å². The van der Waals surface area contributed by atoms with Gasteiger partial charge in [0, 0.05) is 7.05 Å². The zero-order valence-corrected chi connectivity index (χ0v) is 11.4. The maximum atomic E-state index is 11.7. The molecule has 0 unspecified atom stereocenters. The number of carbonyl (C=O) groups is 2. The van der Waals surface area contributed by atoms with Gasteiger partial charge >= 0.3 is 12.1 Å². The predicted molar refractivity (Wildman–Crippen MR) is 65.9 cm³/mol. The number of rotatable bonds is 3. The minimum atomic E-state index is -0.988. The lowest BCUT2D eigenvalue weighted by atomic mass is 10.2. The Morgan fingerprint density at radius 1 is 1.39 bits per heavy atom. The van der Waals surface area contributed by atoms with Gasteiger partial charge in [-0.3, -0.25) is 9.69 Å². The second kappa shape index (κ2) is 5.30. The highest BCUT2D eigenvalue weighted by Crippen LogP contribution is 2.21. The van der Waals surface area contributed by atoms with E-state index < -0.39 is 17.7 Å². The number of aromatic nitrogens is 2. The molecule has 1 aromatic heterocycles. The quantitative estimate of drug-likeness (QED) is 0.897. The van der Waals surface area contributed by atoms with E-state index in [4.69, 9.17) is 9.84 Å². The van der Waals surface area contributed by atoms with Crippen molar-refractivity contribution in [3.63, 3.8) is 0 Å². The van der Waals surface area contributed by atoms with Gasteiger partial charge in [0.05, 0.1) is 6.42 Å². The number of nitrogens with zero attached hydrogens (tertiary/aromatic N) is 3. The third-order valence-electron chi connectivity index (χ3n) is 1.71. The average Bonchev–Trinajstić information content (AvgIpc) is 2.61. The van der Waals surface area contributed by atoms with Gasteiger partial charge in [-0.05, 0) is 20.8 Å². The van der Waals surface area contributed by atoms with Crippen molar-refractivity contribution in [3.8, 4) is 0 Å². The van der Waals surface area contributed by atoms with E-state index in [1.54, 1.807) is 20.8 Å². The van der Waals surface area contributed by atoms with E-state index in [1.807, 2.05) is 0 Å². The number of amides is 1. The molecule has 8 heteroatoms. The molecular formula is C10H15N3O4S. The lowest BCUT2D eigenvalue weighted by Gasteiger charge is -2.22. The molecule has 1 aromatic rings. The summed E-state index contributed by atoms with van der Waals surface area (Å²) in [5.41, 5.74) is -0.597. The van der Waals surface area contributed by atoms with Gasteiger partial charge in [-0.15, -0.1) is 10.2 Å². The Bertz CT molecular complexity index is 452. The fourth-order valence-corrected chi connectivity index (χ4v) is 1.77. The van der Waals surface area contributed by atoms with E-state index >= 15 is 0 Å². The summed E-state index contributed by atoms with van der Waals surface area (Å²) < 4.78 is 5.15. The van der Waals surface area contributed by atoms with Gasteiger partial charge in [0.25, 0.3) is 0 Å². The number of aliphatic carboxylic acids is 1. The van der Waals surface area contributed by atoms with E-state index in [0.29, 0.717) is 10.1 Å². The molecule has 0 atom stereocenters. The molecule has 0 spiro atoms. The first-order chi connectivity index (χ1) is 8.19. The normalized spacial score (nSPS) is 11.1. The number of ether oxygens (including phenoxy) is 1. The summed E-state index contributed by atoms with van der Waals surface area (Å²) in [7, 11) is 1.50. The molecule has 0 saturated carbocycles. The highest BCUT2D eigenvalue weighted by Gasteiger charge is 2.23. The van der Waals surface area contributed by atoms with Crippen LogP contribution in [0.15, 0.2) is 0 Å². The van der Waals surface area contributed by atoms with Crippen molar-refractivity contribution < 1.29 is 19.4 Å². The summed E-state index contributed by atoms with van der Waals surface area (Å²) in [6.07, 6.45) is -0.764. The first kappa shape index (κ1) is 14.4. The van der Waals surface area contributed by atoms with Crippen molar-refractivity contribution in [1.82, 2.24) is 10.2 Å². The lowest BCUT2D eigenvalue weighted by Crippen LogP contribution is -2.34. The van der Waals surface area contributed by atoms with Gasteiger partial charge in [-0.25, -0.2) is 4.79 Å². The Balaban J connectivity index is 2.72. The van der Waals surface area contributed by atoms with Crippen LogP contribution >= 0.6 is 11.3 Å². The molecular weight excluding hydrogens is 258 g/mol. The van der Waals surface area contributed by atoms with Crippen LogP contribution in [-0.2, 0) is 16.0 Å². The molecule has 0 aliphatic rings. The fourth-order valence-electron chi connectivity index (χ4n) is 0.990. The Morgan fingerprint density at radius 3 is 2.50 bits per heavy atom. The molecule has 0 aliphatic heterocycles. The number of carbonyl (C=O) groups excluding carboxylic acids is 1. The molecule has 1 heterocycles. The van der Waals surface area contributed by atoms with Crippen LogP contribution in [0.1, 0.15) is 25.8 Å². The van der Waals surface area contributed by atoms with E-state index in [0.717, 1.165) is 11.3 Å². The van der Waals surface area contributed by atoms with Gasteiger partial charge < -0.3 is 9.84 Å². The Labute approximate surface area is 108 Å². The van der Waals surface area contributed by atoms with E-state index in [1.165, 1.54) is 11.9 Å². The van der Waals surface area contributed by atoms with Gasteiger partial charge in [-0.2, -0.15) is 0 Å². The van der Waals surface area contributed by atoms with Crippen LogP contribution in [0.3, 0.4) is 0 Å². The predicted octanol–water partition coefficient (Wildman–Crippen LogP) is 1.54. The monoisotopic (exact) mass is 273 g/mol. The fraction of sp³-hybridized carbons (Fsp3) is 0.600. The van der Waals surface area contributed by atoms with Crippen LogP contribution in [0, 0.1) is 0 Å². The van der Waals surface area contributed by atoms with Crippen LogP contribution in [-0.4, -0.2) is 40.0 Å². The molecule has 18 heavy (non-hydrogen) atoms. The Morgan fingerprint density at radius 2 is 2.00 bits per heavy atom. The second-order valence-corrected chi connectivity index (χ2v) is 5.63. The number of carboxylic acids is 1. The molecule has 1 N–H and O–H groups in total. The summed E-state index contributed by atoms with van der Waals surface area (Å²) in [6.45, 7) is 5.28. The first-order valence-electron chi connectivity index (χ1n) is 5.20. The zero-order valence-electron chi connectivity index (χ0n) is 10.6. The van der Waals surface area contributed by atoms with E-state index in [-0.39, 0.29) is 6.42 Å². The molecule has 100 valence electrons. The lowest BCUT2D eigenvalue weighted by molar-refractivity contribution is -0.136. The van der Waals surface area contributed by atoms with E-state index in [9.17, 15) is 9.59 Å². The summed E-state index contributed by atoms with van der Waals surface area (Å²) >= 11 is 1.05. The SMILES string of the molecule is CN(C(=O)OC(C)(C)C)c1nnc(CC(=O)O)s1. The molecule has 0 aromatic carbocycles. The number of hydrogen-bond acceptors (Lipinski definition) is 6. The van der Waals surface area contributed by atoms with Gasteiger partial charge in [0.1, 0.15) is 10.6 Å². The van der Waals surface area contributed by atoms with Crippen LogP contribution in [0.5, 0.6) is 0 Å². The molecule has 7 nitrogen and oxygen atoms in total. The van der Waals surface area contributed by atoms with Gasteiger partial charge in [0.2, 0.25) is 5.13 Å². The summed E-state index contributed by atoms with van der Waals surface area (Å²) in [6, 6.07) is 0. The second-order valence-electron chi connectivity index (χ2n) is 4.59. The third-order valence-corrected chi connectivity index (χ3v) is 2.71. The zero-order chi connectivity index (χ0) is 13.9. The van der Waals surface area contributed by atoms with Crippen molar-refractivity contribution in [1.29, 1.82) is 0 Å². The Hall–Kier alpha value is -1.70. The molecule has 0 radical (unpaired) electrons.